The number of aromatic nitrogens is 1. The highest BCUT2D eigenvalue weighted by Gasteiger charge is 2.26. The lowest BCUT2D eigenvalue weighted by molar-refractivity contribution is 0.328. The third kappa shape index (κ3) is 8.31. The van der Waals surface area contributed by atoms with E-state index in [0.29, 0.717) is 18.2 Å². The van der Waals surface area contributed by atoms with Crippen LogP contribution in [0.5, 0.6) is 0 Å². The zero-order valence-electron chi connectivity index (χ0n) is 23.6. The number of allylic oxidation sites excluding steroid dienone is 7. The lowest BCUT2D eigenvalue weighted by atomic mass is 9.97. The van der Waals surface area contributed by atoms with Crippen LogP contribution in [-0.4, -0.2) is 29.5 Å². The normalized spacial score (nSPS) is 19.4. The first-order valence-corrected chi connectivity index (χ1v) is 13.8. The number of anilines is 1. The molecule has 1 aliphatic carbocycles. The van der Waals surface area contributed by atoms with Crippen molar-refractivity contribution in [1.82, 2.24) is 9.88 Å². The van der Waals surface area contributed by atoms with E-state index in [4.69, 9.17) is 0 Å². The summed E-state index contributed by atoms with van der Waals surface area (Å²) in [7, 11) is 2.08. The van der Waals surface area contributed by atoms with Crippen LogP contribution in [0.1, 0.15) is 66.2 Å². The largest absolute Gasteiger partial charge is 0.376 e. The molecule has 204 valence electrons. The van der Waals surface area contributed by atoms with E-state index in [1.165, 1.54) is 30.5 Å². The number of hydrogen-bond acceptors (Lipinski definition) is 3. The molecule has 0 bridgehead atoms. The number of nitrogens with one attached hydrogen (secondary N) is 1. The second-order valence-corrected chi connectivity index (χ2v) is 9.31. The van der Waals surface area contributed by atoms with Gasteiger partial charge in [0, 0.05) is 30.9 Å². The topological polar surface area (TPSA) is 28.2 Å². The minimum Gasteiger partial charge on any atom is -0.376 e. The van der Waals surface area contributed by atoms with Gasteiger partial charge in [-0.25, -0.2) is 13.8 Å². The van der Waals surface area contributed by atoms with Gasteiger partial charge < -0.3 is 10.2 Å². The van der Waals surface area contributed by atoms with E-state index in [1.54, 1.807) is 25.3 Å². The molecule has 2 aliphatic rings. The second kappa shape index (κ2) is 15.8. The molecule has 5 heteroatoms. The second-order valence-electron chi connectivity index (χ2n) is 9.31. The van der Waals surface area contributed by atoms with Gasteiger partial charge in [-0.2, -0.15) is 0 Å². The molecule has 2 aromatic rings. The summed E-state index contributed by atoms with van der Waals surface area (Å²) in [6, 6.07) is 6.70. The summed E-state index contributed by atoms with van der Waals surface area (Å²) >= 11 is 0. The van der Waals surface area contributed by atoms with Gasteiger partial charge in [-0.05, 0) is 86.1 Å². The predicted molar refractivity (Wildman–Crippen MR) is 159 cm³/mol. The molecule has 1 unspecified atom stereocenters. The molecule has 0 radical (unpaired) electrons. The van der Waals surface area contributed by atoms with Gasteiger partial charge in [0.1, 0.15) is 17.5 Å². The van der Waals surface area contributed by atoms with Crippen molar-refractivity contribution in [3.63, 3.8) is 0 Å². The van der Waals surface area contributed by atoms with Crippen molar-refractivity contribution >= 4 is 16.6 Å². The highest BCUT2D eigenvalue weighted by molar-refractivity contribution is 5.91. The van der Waals surface area contributed by atoms with Crippen molar-refractivity contribution in [2.24, 2.45) is 5.92 Å². The molecule has 1 atom stereocenters. The maximum absolute atomic E-state index is 14.9. The van der Waals surface area contributed by atoms with Crippen molar-refractivity contribution < 1.29 is 8.78 Å². The van der Waals surface area contributed by atoms with E-state index >= 15 is 0 Å². The van der Waals surface area contributed by atoms with Crippen LogP contribution >= 0.6 is 0 Å². The van der Waals surface area contributed by atoms with Crippen molar-refractivity contribution in [2.75, 3.05) is 18.9 Å². The number of likely N-dealkylation sites (tertiary alicyclic amines) is 1. The average Bonchev–Trinajstić information content (AvgIpc) is 3.79. The van der Waals surface area contributed by atoms with Crippen LogP contribution in [0.2, 0.25) is 0 Å². The minimum absolute atomic E-state index is 0.0316. The standard InChI is InChI=1S/C29H35F2N3.C2H6.C2H2/c1-4-7-22(20-9-10-20)18-23(26(31)5-2)12-14-28-27(8-6-17-34(28)3)33-29-25-19-24(30)13-11-21(25)15-16-32-29;2*1-2/h5,7,11,13-16,18-20,27H,4,6,8-10,12,17H2,1-3H3,(H,32,33);1-2H3;1-2H/b22-7-,23-18-,26-5+,28-14-;;. The molecule has 1 saturated heterocycles. The Morgan fingerprint density at radius 3 is 2.58 bits per heavy atom. The number of terminal acetylenes is 1. The zero-order valence-corrected chi connectivity index (χ0v) is 23.6. The fraction of sp³-hybridized carbons (Fsp3) is 0.424. The maximum atomic E-state index is 14.9. The summed E-state index contributed by atoms with van der Waals surface area (Å²) in [5, 5.41) is 5.28. The predicted octanol–water partition coefficient (Wildman–Crippen LogP) is 8.98. The molecule has 1 saturated carbocycles. The maximum Gasteiger partial charge on any atom is 0.134 e. The van der Waals surface area contributed by atoms with Gasteiger partial charge in [0.15, 0.2) is 0 Å². The number of pyridine rings is 1. The Bertz CT molecular complexity index is 1190. The summed E-state index contributed by atoms with van der Waals surface area (Å²) in [6.45, 7) is 8.83. The highest BCUT2D eigenvalue weighted by Crippen LogP contribution is 2.39. The summed E-state index contributed by atoms with van der Waals surface area (Å²) in [4.78, 5) is 6.75. The van der Waals surface area contributed by atoms with Gasteiger partial charge >= 0.3 is 0 Å². The van der Waals surface area contributed by atoms with Gasteiger partial charge in [-0.15, -0.1) is 12.8 Å². The number of fused-ring (bicyclic) bond motifs is 1. The van der Waals surface area contributed by atoms with Gasteiger partial charge in [0.2, 0.25) is 0 Å². The van der Waals surface area contributed by atoms with Crippen LogP contribution < -0.4 is 5.32 Å². The summed E-state index contributed by atoms with van der Waals surface area (Å²) in [5.74, 6) is 0.828. The first-order chi connectivity index (χ1) is 18.5. The molecule has 0 amide bonds. The quantitative estimate of drug-likeness (QED) is 0.279. The number of nitrogens with zero attached hydrogens (tertiary/aromatic N) is 2. The van der Waals surface area contributed by atoms with Crippen LogP contribution in [0, 0.1) is 24.6 Å². The number of rotatable bonds is 8. The SMILES string of the molecule is C#C.CC.C\C=C(F)/C(=C\C(=C\CC)C1CC1)C/C=C1/C(Nc2nccc3ccc(F)cc23)CCCN1C. The fourth-order valence-corrected chi connectivity index (χ4v) is 4.76. The molecule has 2 heterocycles. The third-order valence-corrected chi connectivity index (χ3v) is 6.74. The number of benzene rings is 1. The monoisotopic (exact) mass is 519 g/mol. The van der Waals surface area contributed by atoms with E-state index in [0.717, 1.165) is 47.8 Å². The lowest BCUT2D eigenvalue weighted by Gasteiger charge is -2.35. The van der Waals surface area contributed by atoms with E-state index in [9.17, 15) is 8.78 Å². The summed E-state index contributed by atoms with van der Waals surface area (Å²) < 4.78 is 28.8. The Balaban J connectivity index is 0.00000121. The minimum atomic E-state index is -0.275. The lowest BCUT2D eigenvalue weighted by Crippen LogP contribution is -2.38. The van der Waals surface area contributed by atoms with E-state index < -0.39 is 0 Å². The molecule has 38 heavy (non-hydrogen) atoms. The van der Waals surface area contributed by atoms with Crippen LogP contribution in [0.4, 0.5) is 14.6 Å². The molecule has 1 aliphatic heterocycles. The molecule has 2 fully saturated rings. The summed E-state index contributed by atoms with van der Waals surface area (Å²) in [5.41, 5.74) is 3.12. The molecule has 1 aromatic carbocycles. The van der Waals surface area contributed by atoms with Crippen molar-refractivity contribution in [1.29, 1.82) is 0 Å². The van der Waals surface area contributed by atoms with Crippen LogP contribution in [0.3, 0.4) is 0 Å². The first-order valence-electron chi connectivity index (χ1n) is 13.8. The first kappa shape index (κ1) is 30.8. The Morgan fingerprint density at radius 2 is 1.92 bits per heavy atom. The molecule has 1 N–H and O–H groups in total. The van der Waals surface area contributed by atoms with E-state index in [-0.39, 0.29) is 17.7 Å². The number of hydrogen-bond donors (Lipinski definition) is 1. The van der Waals surface area contributed by atoms with Gasteiger partial charge in [-0.3, -0.25) is 0 Å². The molecular weight excluding hydrogens is 476 g/mol. The highest BCUT2D eigenvalue weighted by atomic mass is 19.1. The van der Waals surface area contributed by atoms with E-state index in [2.05, 4.69) is 60.2 Å². The van der Waals surface area contributed by atoms with Crippen LogP contribution in [0.15, 0.2) is 77.4 Å². The van der Waals surface area contributed by atoms with Crippen molar-refractivity contribution in [3.8, 4) is 12.8 Å². The van der Waals surface area contributed by atoms with Crippen molar-refractivity contribution in [3.05, 3.63) is 83.3 Å². The fourth-order valence-electron chi connectivity index (χ4n) is 4.76. The van der Waals surface area contributed by atoms with Crippen LogP contribution in [-0.2, 0) is 0 Å². The Kier molecular flexibility index (Phi) is 12.8. The smallest absolute Gasteiger partial charge is 0.134 e. The average molecular weight is 520 g/mol. The molecule has 3 nitrogen and oxygen atoms in total. The number of piperidine rings is 1. The summed E-state index contributed by atoms with van der Waals surface area (Å²) in [6.07, 6.45) is 23.6. The zero-order chi connectivity index (χ0) is 28.1. The van der Waals surface area contributed by atoms with E-state index in [1.807, 2.05) is 19.9 Å². The Labute approximate surface area is 228 Å². The molecule has 1 aromatic heterocycles. The molecule has 0 spiro atoms. The van der Waals surface area contributed by atoms with Gasteiger partial charge in [0.05, 0.1) is 6.04 Å². The molecule has 4 rings (SSSR count). The Hall–Kier alpha value is -3.39. The van der Waals surface area contributed by atoms with Gasteiger partial charge in [-0.1, -0.05) is 51.1 Å². The van der Waals surface area contributed by atoms with Gasteiger partial charge in [0.25, 0.3) is 0 Å². The number of likely N-dealkylation sites (N-methyl/N-ethyl adjacent to an activating group) is 1. The number of halogens is 2. The van der Waals surface area contributed by atoms with Crippen LogP contribution in [0.25, 0.3) is 10.8 Å². The Morgan fingerprint density at radius 1 is 1.18 bits per heavy atom. The molecular formula is C33H43F2N3. The third-order valence-electron chi connectivity index (χ3n) is 6.74. The van der Waals surface area contributed by atoms with Crippen molar-refractivity contribution in [2.45, 2.75) is 72.3 Å².